The van der Waals surface area contributed by atoms with E-state index in [9.17, 15) is 28.7 Å². The molecule has 2 aromatic heterocycles. The molecule has 0 spiro atoms. The van der Waals surface area contributed by atoms with Crippen molar-refractivity contribution in [1.29, 1.82) is 0 Å². The van der Waals surface area contributed by atoms with Crippen molar-refractivity contribution in [3.63, 3.8) is 0 Å². The number of aliphatic hydroxyl groups excluding tert-OH is 1. The number of anilines is 2. The Morgan fingerprint density at radius 2 is 1.90 bits per heavy atom. The Bertz CT molecular complexity index is 1570. The minimum absolute atomic E-state index is 0.174. The second-order valence-electron chi connectivity index (χ2n) is 9.88. The number of nitrogens with one attached hydrogen (secondary N) is 1. The summed E-state index contributed by atoms with van der Waals surface area (Å²) in [7, 11) is 2.56. The first kappa shape index (κ1) is 30.9. The van der Waals surface area contributed by atoms with Gasteiger partial charge in [-0.05, 0) is 61.6 Å². The zero-order valence-corrected chi connectivity index (χ0v) is 24.5. The molecule has 216 valence electrons. The lowest BCUT2D eigenvalue weighted by Gasteiger charge is -2.24. The van der Waals surface area contributed by atoms with Crippen molar-refractivity contribution in [3.8, 4) is 0 Å². The minimum Gasteiger partial charge on any atom is -0.462 e. The van der Waals surface area contributed by atoms with Crippen molar-refractivity contribution in [3.05, 3.63) is 60.4 Å². The third-order valence-electron chi connectivity index (χ3n) is 5.40. The summed E-state index contributed by atoms with van der Waals surface area (Å²) >= 11 is 1.89. The summed E-state index contributed by atoms with van der Waals surface area (Å²) in [5, 5.41) is 12.5. The van der Waals surface area contributed by atoms with E-state index in [1.807, 2.05) is 22.6 Å². The van der Waals surface area contributed by atoms with Crippen LogP contribution >= 0.6 is 22.6 Å². The number of halogens is 3. The highest BCUT2D eigenvalue weighted by Crippen LogP contribution is 2.26. The number of likely N-dealkylation sites (N-methyl/N-ethyl adjacent to an activating group) is 1. The number of aromatic nitrogens is 3. The van der Waals surface area contributed by atoms with E-state index in [4.69, 9.17) is 9.47 Å². The second-order valence-corrected chi connectivity index (χ2v) is 11.1. The van der Waals surface area contributed by atoms with Crippen LogP contribution in [0.2, 0.25) is 0 Å². The Labute approximate surface area is 240 Å². The van der Waals surface area contributed by atoms with Gasteiger partial charge in [-0.1, -0.05) is 0 Å². The smallest absolute Gasteiger partial charge is 0.410 e. The zero-order chi connectivity index (χ0) is 29.9. The summed E-state index contributed by atoms with van der Waals surface area (Å²) in [6.07, 6.45) is -1.09. The predicted molar refractivity (Wildman–Crippen MR) is 149 cm³/mol. The van der Waals surface area contributed by atoms with Gasteiger partial charge >= 0.3 is 12.1 Å². The zero-order valence-electron chi connectivity index (χ0n) is 22.3. The predicted octanol–water partition coefficient (Wildman–Crippen LogP) is 2.49. The van der Waals surface area contributed by atoms with E-state index in [0.717, 1.165) is 20.4 Å². The molecule has 15 heteroatoms. The van der Waals surface area contributed by atoms with Crippen LogP contribution in [0.25, 0.3) is 11.0 Å². The quantitative estimate of drug-likeness (QED) is 0.272. The number of nitrogens with zero attached hydrogens (tertiary/aromatic N) is 4. The Hall–Kier alpha value is -3.60. The van der Waals surface area contributed by atoms with Crippen LogP contribution in [-0.4, -0.2) is 68.1 Å². The molecule has 0 radical (unpaired) electrons. The number of rotatable bonds is 8. The first-order valence-electron chi connectivity index (χ1n) is 11.9. The standard InChI is InChI=1S/C25H28F2IN5O7/c1-25(2,3)40-24(38)31(4)10-17(35)39-11-14(34)9-33-12-29-21-18(22(33)36)20(19(27)23(37)32(21)5)30-16-7-6-13(28)8-15(16)26/h6-8,12,14,30,34H,9-11H2,1-5H3/t14-/m1/s1. The average Bonchev–Trinajstić information content (AvgIpc) is 2.85. The lowest BCUT2D eigenvalue weighted by Crippen LogP contribution is -2.38. The van der Waals surface area contributed by atoms with Gasteiger partial charge in [-0.25, -0.2) is 14.2 Å². The van der Waals surface area contributed by atoms with Crippen molar-refractivity contribution in [2.24, 2.45) is 7.05 Å². The molecule has 3 aromatic rings. The lowest BCUT2D eigenvalue weighted by molar-refractivity contribution is -0.147. The number of aliphatic hydroxyl groups is 1. The second kappa shape index (κ2) is 12.3. The fourth-order valence-electron chi connectivity index (χ4n) is 3.50. The first-order valence-corrected chi connectivity index (χ1v) is 12.9. The molecule has 0 bridgehead atoms. The highest BCUT2D eigenvalue weighted by molar-refractivity contribution is 14.1. The van der Waals surface area contributed by atoms with E-state index in [2.05, 4.69) is 10.3 Å². The third-order valence-corrected chi connectivity index (χ3v) is 6.07. The van der Waals surface area contributed by atoms with Crippen molar-refractivity contribution in [1.82, 2.24) is 19.0 Å². The lowest BCUT2D eigenvalue weighted by atomic mass is 10.2. The van der Waals surface area contributed by atoms with Crippen LogP contribution in [0.1, 0.15) is 20.8 Å². The molecule has 1 aromatic carbocycles. The summed E-state index contributed by atoms with van der Waals surface area (Å²) in [5.74, 6) is -2.90. The average molecular weight is 675 g/mol. The Balaban J connectivity index is 1.81. The van der Waals surface area contributed by atoms with E-state index in [-0.39, 0.29) is 16.7 Å². The number of carbonyl (C=O) groups is 2. The largest absolute Gasteiger partial charge is 0.462 e. The number of hydrogen-bond acceptors (Lipinski definition) is 9. The van der Waals surface area contributed by atoms with E-state index in [1.54, 1.807) is 26.8 Å². The first-order chi connectivity index (χ1) is 18.6. The van der Waals surface area contributed by atoms with Crippen molar-refractivity contribution in [2.75, 3.05) is 25.5 Å². The molecule has 0 unspecified atom stereocenters. The molecule has 0 saturated heterocycles. The van der Waals surface area contributed by atoms with Crippen LogP contribution in [0, 0.1) is 15.2 Å². The molecule has 0 fully saturated rings. The highest BCUT2D eigenvalue weighted by atomic mass is 127. The number of esters is 1. The van der Waals surface area contributed by atoms with Crippen LogP contribution in [0.3, 0.4) is 0 Å². The van der Waals surface area contributed by atoms with Crippen molar-refractivity contribution >= 4 is 57.1 Å². The number of carbonyl (C=O) groups excluding carboxylic acids is 2. The molecule has 0 aliphatic heterocycles. The number of ether oxygens (including phenoxy) is 2. The summed E-state index contributed by atoms with van der Waals surface area (Å²) in [5.41, 5.74) is -3.61. The van der Waals surface area contributed by atoms with E-state index < -0.39 is 71.9 Å². The summed E-state index contributed by atoms with van der Waals surface area (Å²) in [4.78, 5) is 54.9. The van der Waals surface area contributed by atoms with Gasteiger partial charge in [-0.15, -0.1) is 0 Å². The van der Waals surface area contributed by atoms with Gasteiger partial charge < -0.3 is 24.8 Å². The maximum Gasteiger partial charge on any atom is 0.410 e. The molecule has 3 rings (SSSR count). The van der Waals surface area contributed by atoms with Gasteiger partial charge in [0.1, 0.15) is 42.4 Å². The Morgan fingerprint density at radius 1 is 1.23 bits per heavy atom. The van der Waals surface area contributed by atoms with Gasteiger partial charge in [0, 0.05) is 17.7 Å². The minimum atomic E-state index is -1.39. The summed E-state index contributed by atoms with van der Waals surface area (Å²) in [6.45, 7) is 3.61. The molecule has 2 heterocycles. The molecule has 1 amide bonds. The van der Waals surface area contributed by atoms with Gasteiger partial charge in [0.2, 0.25) is 5.82 Å². The van der Waals surface area contributed by atoms with E-state index >= 15 is 4.39 Å². The summed E-state index contributed by atoms with van der Waals surface area (Å²) in [6, 6.07) is 4.06. The number of pyridine rings is 1. The molecule has 0 aliphatic carbocycles. The van der Waals surface area contributed by atoms with Crippen molar-refractivity contribution < 1.29 is 33.0 Å². The van der Waals surface area contributed by atoms with Gasteiger partial charge in [-0.3, -0.25) is 23.5 Å². The van der Waals surface area contributed by atoms with Crippen LogP contribution in [0.5, 0.6) is 0 Å². The molecule has 0 aliphatic rings. The molecule has 2 N–H and O–H groups in total. The maximum absolute atomic E-state index is 15.1. The Kier molecular flexibility index (Phi) is 9.50. The fourth-order valence-corrected chi connectivity index (χ4v) is 3.95. The van der Waals surface area contributed by atoms with Gasteiger partial charge in [-0.2, -0.15) is 4.39 Å². The number of hydrogen-bond donors (Lipinski definition) is 2. The third kappa shape index (κ3) is 7.32. The number of amides is 1. The molecular formula is C25H28F2IN5O7. The van der Waals surface area contributed by atoms with E-state index in [1.165, 1.54) is 26.2 Å². The maximum atomic E-state index is 15.1. The van der Waals surface area contributed by atoms with Crippen LogP contribution in [-0.2, 0) is 27.9 Å². The monoisotopic (exact) mass is 675 g/mol. The van der Waals surface area contributed by atoms with Gasteiger partial charge in [0.05, 0.1) is 17.9 Å². The molecule has 1 atom stereocenters. The van der Waals surface area contributed by atoms with Crippen LogP contribution in [0.4, 0.5) is 25.0 Å². The normalized spacial score (nSPS) is 12.2. The van der Waals surface area contributed by atoms with Crippen LogP contribution in [0.15, 0.2) is 34.1 Å². The fraction of sp³-hybridized carbons (Fsp3) is 0.400. The van der Waals surface area contributed by atoms with Gasteiger partial charge in [0.15, 0.2) is 5.65 Å². The summed E-state index contributed by atoms with van der Waals surface area (Å²) < 4.78 is 42.1. The highest BCUT2D eigenvalue weighted by Gasteiger charge is 2.24. The van der Waals surface area contributed by atoms with E-state index in [0.29, 0.717) is 3.57 Å². The van der Waals surface area contributed by atoms with Crippen LogP contribution < -0.4 is 16.4 Å². The molecule has 0 saturated carbocycles. The molecule has 40 heavy (non-hydrogen) atoms. The number of benzene rings is 1. The number of fused-ring (bicyclic) bond motifs is 1. The number of aryl methyl sites for hydroxylation is 1. The van der Waals surface area contributed by atoms with Crippen molar-refractivity contribution in [2.45, 2.75) is 39.0 Å². The van der Waals surface area contributed by atoms with Gasteiger partial charge in [0.25, 0.3) is 11.1 Å². The SMILES string of the molecule is CN(CC(=O)OC[C@H](O)Cn1cnc2c(c(Nc3ccc(I)cc3F)c(F)c(=O)n2C)c1=O)C(=O)OC(C)(C)C. The Morgan fingerprint density at radius 3 is 2.52 bits per heavy atom. The topological polar surface area (TPSA) is 145 Å². The molecule has 12 nitrogen and oxygen atoms in total. The molecular weight excluding hydrogens is 647 g/mol.